The molecular formula is C19H28N4O3S2. The molecule has 1 aromatic heterocycles. The summed E-state index contributed by atoms with van der Waals surface area (Å²) < 4.78 is 33.4. The van der Waals surface area contributed by atoms with Crippen LogP contribution in [0.1, 0.15) is 20.3 Å². The fraction of sp³-hybridized carbons (Fsp3) is 0.579. The molecule has 1 aliphatic heterocycles. The summed E-state index contributed by atoms with van der Waals surface area (Å²) in [6, 6.07) is 7.71. The van der Waals surface area contributed by atoms with E-state index in [1.54, 1.807) is 11.8 Å². The lowest BCUT2D eigenvalue weighted by atomic mass is 10.1. The first-order chi connectivity index (χ1) is 13.2. The minimum atomic E-state index is -2.95. The fourth-order valence-corrected chi connectivity index (χ4v) is 5.54. The predicted octanol–water partition coefficient (Wildman–Crippen LogP) is 2.73. The van der Waals surface area contributed by atoms with Crippen LogP contribution < -0.4 is 4.74 Å². The summed E-state index contributed by atoms with van der Waals surface area (Å²) in [5.74, 6) is 2.45. The van der Waals surface area contributed by atoms with Gasteiger partial charge in [0.1, 0.15) is 5.75 Å². The predicted molar refractivity (Wildman–Crippen MR) is 113 cm³/mol. The third kappa shape index (κ3) is 4.64. The van der Waals surface area contributed by atoms with Crippen LogP contribution in [0.2, 0.25) is 0 Å². The molecule has 1 aromatic carbocycles. The normalized spacial score (nSPS) is 18.9. The Morgan fingerprint density at radius 1 is 1.32 bits per heavy atom. The summed E-state index contributed by atoms with van der Waals surface area (Å²) in [4.78, 5) is 2.20. The Hall–Kier alpha value is -1.71. The molecule has 0 aliphatic carbocycles. The Labute approximate surface area is 171 Å². The Balaban J connectivity index is 1.88. The van der Waals surface area contributed by atoms with Crippen LogP contribution in [-0.2, 0) is 23.6 Å². The van der Waals surface area contributed by atoms with Crippen molar-refractivity contribution in [2.45, 2.75) is 33.0 Å². The molecule has 7 nitrogen and oxygen atoms in total. The van der Waals surface area contributed by atoms with Gasteiger partial charge in [-0.3, -0.25) is 4.90 Å². The molecule has 1 saturated heterocycles. The molecule has 0 unspecified atom stereocenters. The van der Waals surface area contributed by atoms with Gasteiger partial charge in [0.05, 0.1) is 25.3 Å². The van der Waals surface area contributed by atoms with Crippen LogP contribution in [0.3, 0.4) is 0 Å². The molecule has 0 bridgehead atoms. The second-order valence-electron chi connectivity index (χ2n) is 7.76. The van der Waals surface area contributed by atoms with Gasteiger partial charge in [-0.1, -0.05) is 13.8 Å². The lowest BCUT2D eigenvalue weighted by Gasteiger charge is -2.29. The van der Waals surface area contributed by atoms with Gasteiger partial charge in [0.15, 0.2) is 20.4 Å². The minimum absolute atomic E-state index is 0.0146. The zero-order chi connectivity index (χ0) is 20.5. The van der Waals surface area contributed by atoms with Crippen LogP contribution in [0.5, 0.6) is 5.75 Å². The molecule has 0 amide bonds. The molecule has 28 heavy (non-hydrogen) atoms. The first-order valence-corrected chi connectivity index (χ1v) is 11.7. The molecule has 0 saturated carbocycles. The Morgan fingerprint density at radius 3 is 2.54 bits per heavy atom. The van der Waals surface area contributed by atoms with E-state index < -0.39 is 9.84 Å². The summed E-state index contributed by atoms with van der Waals surface area (Å²) in [5, 5.41) is 4.73. The van der Waals surface area contributed by atoms with Crippen LogP contribution in [0.15, 0.2) is 24.3 Å². The molecule has 3 rings (SSSR count). The zero-order valence-electron chi connectivity index (χ0n) is 16.8. The summed E-state index contributed by atoms with van der Waals surface area (Å²) >= 11 is 5.61. The van der Waals surface area contributed by atoms with Crippen molar-refractivity contribution in [3.05, 3.63) is 29.0 Å². The van der Waals surface area contributed by atoms with Crippen LogP contribution in [-0.4, -0.2) is 58.9 Å². The topological polar surface area (TPSA) is 69.4 Å². The van der Waals surface area contributed by atoms with Crippen molar-refractivity contribution in [3.63, 3.8) is 0 Å². The zero-order valence-corrected chi connectivity index (χ0v) is 18.5. The van der Waals surface area contributed by atoms with E-state index in [-0.39, 0.29) is 17.5 Å². The van der Waals surface area contributed by atoms with E-state index in [1.807, 2.05) is 35.9 Å². The van der Waals surface area contributed by atoms with Crippen molar-refractivity contribution in [1.29, 1.82) is 0 Å². The highest BCUT2D eigenvalue weighted by Gasteiger charge is 2.33. The fourth-order valence-electron chi connectivity index (χ4n) is 3.60. The molecule has 2 heterocycles. The molecule has 1 atom stereocenters. The Bertz CT molecular complexity index is 978. The van der Waals surface area contributed by atoms with E-state index >= 15 is 0 Å². The van der Waals surface area contributed by atoms with Crippen molar-refractivity contribution in [2.75, 3.05) is 25.2 Å². The minimum Gasteiger partial charge on any atom is -0.497 e. The third-order valence-corrected chi connectivity index (χ3v) is 7.26. The molecule has 0 spiro atoms. The summed E-state index contributed by atoms with van der Waals surface area (Å²) in [6.07, 6.45) is 0.667. The Morgan fingerprint density at radius 2 is 2.00 bits per heavy atom. The van der Waals surface area contributed by atoms with Crippen LogP contribution >= 0.6 is 12.2 Å². The number of rotatable bonds is 7. The molecule has 1 fully saturated rings. The molecule has 9 heteroatoms. The van der Waals surface area contributed by atoms with Crippen LogP contribution in [0, 0.1) is 10.7 Å². The molecule has 0 N–H and O–H groups in total. The number of sulfone groups is 1. The third-order valence-electron chi connectivity index (χ3n) is 5.03. The maximum absolute atomic E-state index is 12.0. The van der Waals surface area contributed by atoms with Gasteiger partial charge in [0, 0.05) is 25.2 Å². The van der Waals surface area contributed by atoms with Crippen molar-refractivity contribution in [1.82, 2.24) is 19.2 Å². The van der Waals surface area contributed by atoms with E-state index in [2.05, 4.69) is 18.7 Å². The largest absolute Gasteiger partial charge is 0.497 e. The van der Waals surface area contributed by atoms with Gasteiger partial charge in [-0.25, -0.2) is 13.1 Å². The second-order valence-corrected chi connectivity index (χ2v) is 10.4. The lowest BCUT2D eigenvalue weighted by Crippen LogP contribution is -2.40. The number of hydrogen-bond acceptors (Lipinski definition) is 6. The van der Waals surface area contributed by atoms with Gasteiger partial charge < -0.3 is 9.30 Å². The van der Waals surface area contributed by atoms with Gasteiger partial charge in [-0.2, -0.15) is 5.10 Å². The number of hydrogen-bond donors (Lipinski definition) is 0. The quantitative estimate of drug-likeness (QED) is 0.637. The van der Waals surface area contributed by atoms with Crippen molar-refractivity contribution < 1.29 is 13.2 Å². The van der Waals surface area contributed by atoms with E-state index in [0.717, 1.165) is 23.7 Å². The molecule has 1 aliphatic rings. The highest BCUT2D eigenvalue weighted by atomic mass is 32.2. The van der Waals surface area contributed by atoms with E-state index in [1.165, 1.54) is 0 Å². The van der Waals surface area contributed by atoms with Gasteiger partial charge in [-0.15, -0.1) is 0 Å². The summed E-state index contributed by atoms with van der Waals surface area (Å²) in [7, 11) is 0.592. The van der Waals surface area contributed by atoms with Gasteiger partial charge >= 0.3 is 0 Å². The summed E-state index contributed by atoms with van der Waals surface area (Å²) in [5.41, 5.74) is 0.951. The van der Waals surface area contributed by atoms with Crippen LogP contribution in [0.25, 0.3) is 11.4 Å². The SMILES string of the molecule is COc1ccc(-c2nn(CN(CC(C)C)[C@@H]3CCS(=O)(=O)C3)c(=S)n2C)cc1. The number of methoxy groups -OCH3 is 1. The number of nitrogens with zero attached hydrogens (tertiary/aromatic N) is 4. The number of benzene rings is 1. The first-order valence-electron chi connectivity index (χ1n) is 9.43. The van der Waals surface area contributed by atoms with Crippen molar-refractivity contribution >= 4 is 22.1 Å². The first kappa shape index (κ1) is 21.0. The molecule has 154 valence electrons. The number of ether oxygens (including phenoxy) is 1. The van der Waals surface area contributed by atoms with Gasteiger partial charge in [0.25, 0.3) is 0 Å². The maximum Gasteiger partial charge on any atom is 0.199 e. The second kappa shape index (κ2) is 8.34. The molecule has 2 aromatic rings. The molecular weight excluding hydrogens is 396 g/mol. The van der Waals surface area contributed by atoms with Crippen LogP contribution in [0.4, 0.5) is 0 Å². The average molecular weight is 425 g/mol. The van der Waals surface area contributed by atoms with Gasteiger partial charge in [0.2, 0.25) is 0 Å². The van der Waals surface area contributed by atoms with E-state index in [9.17, 15) is 8.42 Å². The Kier molecular flexibility index (Phi) is 6.26. The van der Waals surface area contributed by atoms with Gasteiger partial charge in [-0.05, 0) is 48.8 Å². The molecule has 0 radical (unpaired) electrons. The van der Waals surface area contributed by atoms with E-state index in [0.29, 0.717) is 23.8 Å². The highest BCUT2D eigenvalue weighted by Crippen LogP contribution is 2.23. The standard InChI is InChI=1S/C19H28N4O3S2/c1-14(2)11-22(16-9-10-28(24,25)12-16)13-23-19(27)21(3)18(20-23)15-5-7-17(26-4)8-6-15/h5-8,14,16H,9-13H2,1-4H3/t16-/m1/s1. The lowest BCUT2D eigenvalue weighted by molar-refractivity contribution is 0.137. The maximum atomic E-state index is 12.0. The van der Waals surface area contributed by atoms with E-state index in [4.69, 9.17) is 22.1 Å². The highest BCUT2D eigenvalue weighted by molar-refractivity contribution is 7.91. The smallest absolute Gasteiger partial charge is 0.199 e. The monoisotopic (exact) mass is 424 g/mol. The van der Waals surface area contributed by atoms with Crippen molar-refractivity contribution in [3.8, 4) is 17.1 Å². The van der Waals surface area contributed by atoms with Crippen molar-refractivity contribution in [2.24, 2.45) is 13.0 Å². The average Bonchev–Trinajstić information content (AvgIpc) is 3.15. The number of aromatic nitrogens is 3. The summed E-state index contributed by atoms with van der Waals surface area (Å²) in [6.45, 7) is 5.56.